The number of hydrogen-bond donors (Lipinski definition) is 0. The fourth-order valence-corrected chi connectivity index (χ4v) is 2.84. The van der Waals surface area contributed by atoms with Gasteiger partial charge in [-0.25, -0.2) is 4.79 Å². The molecule has 0 saturated heterocycles. The maximum atomic E-state index is 11.5. The van der Waals surface area contributed by atoms with Gasteiger partial charge in [0.1, 0.15) is 0 Å². The number of ether oxygens (including phenoxy) is 2. The summed E-state index contributed by atoms with van der Waals surface area (Å²) >= 11 is 0. The molecule has 174 valence electrons. The molecule has 5 nitrogen and oxygen atoms in total. The van der Waals surface area contributed by atoms with Crippen LogP contribution in [0.1, 0.15) is 90.4 Å². The number of carbonyl (C=O) groups excluding carboxylic acids is 2. The lowest BCUT2D eigenvalue weighted by Gasteiger charge is -2.09. The van der Waals surface area contributed by atoms with Crippen molar-refractivity contribution in [2.75, 3.05) is 33.9 Å². The van der Waals surface area contributed by atoms with Crippen molar-refractivity contribution in [3.05, 3.63) is 24.3 Å². The minimum Gasteiger partial charge on any atom is -0.463 e. The standard InChI is InChI=1S/C25H45NO4/c1-4-5-6-7-8-9-10-11-12-13-14-15-16-17-18-19-22-29-25(28)23-30-24(27)20-21-26(2)3/h8-9,11-12H,4-7,10,13-23H2,1-3H3/b9-8-,12-11-. The Hall–Kier alpha value is -1.62. The molecule has 0 aliphatic heterocycles. The van der Waals surface area contributed by atoms with Crippen LogP contribution in [0, 0.1) is 0 Å². The van der Waals surface area contributed by atoms with Crippen LogP contribution >= 0.6 is 0 Å². The van der Waals surface area contributed by atoms with Gasteiger partial charge < -0.3 is 14.4 Å². The van der Waals surface area contributed by atoms with Gasteiger partial charge in [-0.1, -0.05) is 69.8 Å². The monoisotopic (exact) mass is 423 g/mol. The van der Waals surface area contributed by atoms with Crippen LogP contribution in [-0.4, -0.2) is 50.7 Å². The van der Waals surface area contributed by atoms with Crippen LogP contribution in [0.25, 0.3) is 0 Å². The van der Waals surface area contributed by atoms with Crippen LogP contribution in [0.2, 0.25) is 0 Å². The molecule has 0 aromatic rings. The molecule has 0 N–H and O–H groups in total. The molecule has 5 heteroatoms. The summed E-state index contributed by atoms with van der Waals surface area (Å²) in [7, 11) is 3.77. The van der Waals surface area contributed by atoms with E-state index in [1.807, 2.05) is 19.0 Å². The van der Waals surface area contributed by atoms with E-state index >= 15 is 0 Å². The highest BCUT2D eigenvalue weighted by atomic mass is 16.6. The van der Waals surface area contributed by atoms with Crippen molar-refractivity contribution in [1.29, 1.82) is 0 Å². The van der Waals surface area contributed by atoms with E-state index in [0.29, 0.717) is 13.2 Å². The summed E-state index contributed by atoms with van der Waals surface area (Å²) in [5, 5.41) is 0. The number of esters is 2. The van der Waals surface area contributed by atoms with E-state index in [2.05, 4.69) is 31.2 Å². The number of carbonyl (C=O) groups is 2. The van der Waals surface area contributed by atoms with Crippen molar-refractivity contribution in [3.63, 3.8) is 0 Å². The summed E-state index contributed by atoms with van der Waals surface area (Å²) in [6.07, 6.45) is 23.6. The van der Waals surface area contributed by atoms with Crippen molar-refractivity contribution in [1.82, 2.24) is 4.90 Å². The zero-order chi connectivity index (χ0) is 22.3. The molecule has 0 aromatic carbocycles. The van der Waals surface area contributed by atoms with Crippen LogP contribution in [0.5, 0.6) is 0 Å². The van der Waals surface area contributed by atoms with Crippen molar-refractivity contribution in [2.45, 2.75) is 90.4 Å². The van der Waals surface area contributed by atoms with E-state index in [0.717, 1.165) is 25.7 Å². The van der Waals surface area contributed by atoms with E-state index in [4.69, 9.17) is 9.47 Å². The summed E-state index contributed by atoms with van der Waals surface area (Å²) in [5.41, 5.74) is 0. The van der Waals surface area contributed by atoms with Gasteiger partial charge in [0.15, 0.2) is 6.61 Å². The summed E-state index contributed by atoms with van der Waals surface area (Å²) in [6, 6.07) is 0. The van der Waals surface area contributed by atoms with Gasteiger partial charge in [0, 0.05) is 6.54 Å². The quantitative estimate of drug-likeness (QED) is 0.140. The topological polar surface area (TPSA) is 55.8 Å². The smallest absolute Gasteiger partial charge is 0.344 e. The molecule has 0 heterocycles. The van der Waals surface area contributed by atoms with E-state index in [-0.39, 0.29) is 19.0 Å². The van der Waals surface area contributed by atoms with Gasteiger partial charge in [0.05, 0.1) is 13.0 Å². The molecule has 0 aliphatic rings. The maximum absolute atomic E-state index is 11.5. The summed E-state index contributed by atoms with van der Waals surface area (Å²) < 4.78 is 9.98. The van der Waals surface area contributed by atoms with E-state index in [1.54, 1.807) is 0 Å². The Morgan fingerprint density at radius 1 is 0.733 bits per heavy atom. The second-order valence-electron chi connectivity index (χ2n) is 8.02. The largest absolute Gasteiger partial charge is 0.463 e. The SMILES string of the molecule is CCCCC/C=C\C/C=C\CCCCCCCCOC(=O)COC(=O)CCN(C)C. The summed E-state index contributed by atoms with van der Waals surface area (Å²) in [5.74, 6) is -0.829. The molecule has 0 spiro atoms. The highest BCUT2D eigenvalue weighted by Crippen LogP contribution is 2.08. The van der Waals surface area contributed by atoms with Gasteiger partial charge in [-0.15, -0.1) is 0 Å². The van der Waals surface area contributed by atoms with Gasteiger partial charge >= 0.3 is 11.9 Å². The molecule has 0 amide bonds. The first-order valence-corrected chi connectivity index (χ1v) is 11.8. The molecule has 0 atom stereocenters. The molecule has 30 heavy (non-hydrogen) atoms. The van der Waals surface area contributed by atoms with Crippen LogP contribution in [0.4, 0.5) is 0 Å². The first-order valence-electron chi connectivity index (χ1n) is 11.8. The summed E-state index contributed by atoms with van der Waals surface area (Å²) in [4.78, 5) is 24.8. The van der Waals surface area contributed by atoms with Crippen molar-refractivity contribution < 1.29 is 19.1 Å². The van der Waals surface area contributed by atoms with Crippen molar-refractivity contribution >= 4 is 11.9 Å². The lowest BCUT2D eigenvalue weighted by atomic mass is 10.1. The number of allylic oxidation sites excluding steroid dienone is 4. The molecular formula is C25H45NO4. The average molecular weight is 424 g/mol. The first-order chi connectivity index (χ1) is 14.6. The average Bonchev–Trinajstić information content (AvgIpc) is 2.72. The van der Waals surface area contributed by atoms with E-state index in [9.17, 15) is 9.59 Å². The molecule has 0 rings (SSSR count). The first kappa shape index (κ1) is 28.4. The second-order valence-corrected chi connectivity index (χ2v) is 8.02. The van der Waals surface area contributed by atoms with Gasteiger partial charge in [0.25, 0.3) is 0 Å². The highest BCUT2D eigenvalue weighted by molar-refractivity contribution is 5.76. The zero-order valence-corrected chi connectivity index (χ0v) is 19.7. The third-order valence-electron chi connectivity index (χ3n) is 4.72. The fraction of sp³-hybridized carbons (Fsp3) is 0.760. The Morgan fingerprint density at radius 3 is 1.97 bits per heavy atom. The minimum absolute atomic E-state index is 0.283. The number of hydrogen-bond acceptors (Lipinski definition) is 5. The predicted molar refractivity (Wildman–Crippen MR) is 124 cm³/mol. The van der Waals surface area contributed by atoms with E-state index < -0.39 is 5.97 Å². The Kier molecular flexibility index (Phi) is 20.9. The van der Waals surface area contributed by atoms with Gasteiger partial charge in [-0.2, -0.15) is 0 Å². The summed E-state index contributed by atoms with van der Waals surface area (Å²) in [6.45, 7) is 2.97. The normalized spacial score (nSPS) is 11.6. The molecule has 0 saturated carbocycles. The number of nitrogens with zero attached hydrogens (tertiary/aromatic N) is 1. The lowest BCUT2D eigenvalue weighted by molar-refractivity contribution is -0.159. The maximum Gasteiger partial charge on any atom is 0.344 e. The van der Waals surface area contributed by atoms with Crippen molar-refractivity contribution in [2.24, 2.45) is 0 Å². The minimum atomic E-state index is -0.462. The number of unbranched alkanes of at least 4 members (excludes halogenated alkanes) is 9. The lowest BCUT2D eigenvalue weighted by Crippen LogP contribution is -2.21. The Labute approximate surface area is 184 Å². The molecule has 0 unspecified atom stereocenters. The van der Waals surface area contributed by atoms with Crippen LogP contribution in [0.3, 0.4) is 0 Å². The van der Waals surface area contributed by atoms with Gasteiger partial charge in [-0.05, 0) is 52.6 Å². The van der Waals surface area contributed by atoms with Crippen LogP contribution < -0.4 is 0 Å². The third kappa shape index (κ3) is 22.7. The Balaban J connectivity index is 3.35. The van der Waals surface area contributed by atoms with Gasteiger partial charge in [0.2, 0.25) is 0 Å². The Bertz CT molecular complexity index is 472. The molecular weight excluding hydrogens is 378 g/mol. The van der Waals surface area contributed by atoms with Crippen LogP contribution in [0.15, 0.2) is 24.3 Å². The Morgan fingerprint density at radius 2 is 1.33 bits per heavy atom. The van der Waals surface area contributed by atoms with Crippen molar-refractivity contribution in [3.8, 4) is 0 Å². The fourth-order valence-electron chi connectivity index (χ4n) is 2.84. The van der Waals surface area contributed by atoms with Gasteiger partial charge in [-0.3, -0.25) is 4.79 Å². The molecule has 0 bridgehead atoms. The molecule has 0 fully saturated rings. The highest BCUT2D eigenvalue weighted by Gasteiger charge is 2.08. The molecule has 0 aromatic heterocycles. The third-order valence-corrected chi connectivity index (χ3v) is 4.72. The molecule has 0 radical (unpaired) electrons. The van der Waals surface area contributed by atoms with E-state index in [1.165, 1.54) is 51.4 Å². The molecule has 0 aliphatic carbocycles. The van der Waals surface area contributed by atoms with Crippen LogP contribution in [-0.2, 0) is 19.1 Å². The second kappa shape index (κ2) is 22.1. The zero-order valence-electron chi connectivity index (χ0n) is 19.7. The predicted octanol–water partition coefficient (Wildman–Crippen LogP) is 5.84. The number of rotatable bonds is 20.